The van der Waals surface area contributed by atoms with Crippen LogP contribution in [-0.4, -0.2) is 19.5 Å². The molecule has 2 aromatic heterocycles. The maximum atomic E-state index is 14.1. The van der Waals surface area contributed by atoms with Gasteiger partial charge >= 0.3 is 0 Å². The van der Waals surface area contributed by atoms with Crippen LogP contribution >= 0.6 is 0 Å². The molecule has 0 saturated heterocycles. The standard InChI is InChI=1S/C40H27FN4/c1-26-16-22-34-33-14-8-9-15-36(33)45(37(34)24-26)31-21-23-32(27-17-19-30(41)20-18-27)35(25-31)40-43-38(28-10-4-2-5-11-28)42-39(44-40)29-12-6-3-7-13-29/h2-25H,1H3. The SMILES string of the molecule is Cc1ccc2c3ccccc3n(-c3ccc(-c4ccc(F)cc4)c(-c4nc(-c5ccccc5)nc(-c5ccccc5)n4)c3)c2c1. The maximum absolute atomic E-state index is 14.1. The van der Waals surface area contributed by atoms with Crippen LogP contribution in [0, 0.1) is 12.7 Å². The first kappa shape index (κ1) is 26.7. The van der Waals surface area contributed by atoms with E-state index < -0.39 is 0 Å². The molecule has 0 spiro atoms. The number of hydrogen-bond acceptors (Lipinski definition) is 3. The molecule has 0 unspecified atom stereocenters. The van der Waals surface area contributed by atoms with Crippen molar-refractivity contribution in [2.24, 2.45) is 0 Å². The van der Waals surface area contributed by atoms with E-state index in [2.05, 4.69) is 72.2 Å². The van der Waals surface area contributed by atoms with Crippen LogP contribution in [0.5, 0.6) is 0 Å². The summed E-state index contributed by atoms with van der Waals surface area (Å²) in [5.41, 5.74) is 8.81. The molecule has 0 atom stereocenters. The monoisotopic (exact) mass is 582 g/mol. The van der Waals surface area contributed by atoms with Gasteiger partial charge in [-0.2, -0.15) is 0 Å². The summed E-state index contributed by atoms with van der Waals surface area (Å²) in [6, 6.07) is 47.9. The third kappa shape index (κ3) is 4.85. The lowest BCUT2D eigenvalue weighted by molar-refractivity contribution is 0.628. The lowest BCUT2D eigenvalue weighted by Gasteiger charge is -2.15. The number of benzene rings is 6. The lowest BCUT2D eigenvalue weighted by Crippen LogP contribution is -2.02. The Morgan fingerprint density at radius 1 is 0.467 bits per heavy atom. The highest BCUT2D eigenvalue weighted by Crippen LogP contribution is 2.38. The van der Waals surface area contributed by atoms with Crippen LogP contribution in [0.1, 0.15) is 5.56 Å². The highest BCUT2D eigenvalue weighted by atomic mass is 19.1. The molecule has 4 nitrogen and oxygen atoms in total. The van der Waals surface area contributed by atoms with Crippen molar-refractivity contribution in [3.05, 3.63) is 157 Å². The van der Waals surface area contributed by atoms with Gasteiger partial charge in [-0.15, -0.1) is 0 Å². The predicted octanol–water partition coefficient (Wildman–Crippen LogP) is 10.1. The van der Waals surface area contributed by atoms with Crippen LogP contribution < -0.4 is 0 Å². The molecular weight excluding hydrogens is 555 g/mol. The van der Waals surface area contributed by atoms with Crippen LogP contribution in [0.4, 0.5) is 4.39 Å². The van der Waals surface area contributed by atoms with Crippen molar-refractivity contribution in [3.8, 4) is 51.0 Å². The molecule has 0 radical (unpaired) electrons. The van der Waals surface area contributed by atoms with Gasteiger partial charge in [-0.05, 0) is 60.0 Å². The fraction of sp³-hybridized carbons (Fsp3) is 0.0250. The van der Waals surface area contributed by atoms with E-state index in [-0.39, 0.29) is 5.82 Å². The fourth-order valence-corrected chi connectivity index (χ4v) is 6.03. The van der Waals surface area contributed by atoms with Gasteiger partial charge in [0, 0.05) is 33.2 Å². The Labute approximate surface area is 260 Å². The minimum Gasteiger partial charge on any atom is -0.309 e. The van der Waals surface area contributed by atoms with Crippen molar-refractivity contribution in [2.45, 2.75) is 6.92 Å². The van der Waals surface area contributed by atoms with Crippen molar-refractivity contribution in [2.75, 3.05) is 0 Å². The van der Waals surface area contributed by atoms with Gasteiger partial charge in [-0.25, -0.2) is 19.3 Å². The van der Waals surface area contributed by atoms with Gasteiger partial charge in [0.15, 0.2) is 17.5 Å². The van der Waals surface area contributed by atoms with Crippen molar-refractivity contribution in [3.63, 3.8) is 0 Å². The minimum atomic E-state index is -0.282. The molecule has 8 aromatic rings. The second-order valence-corrected chi connectivity index (χ2v) is 11.1. The second kappa shape index (κ2) is 11.0. The highest BCUT2D eigenvalue weighted by molar-refractivity contribution is 6.09. The Morgan fingerprint density at radius 2 is 1.07 bits per heavy atom. The first-order chi connectivity index (χ1) is 22.1. The van der Waals surface area contributed by atoms with Crippen molar-refractivity contribution < 1.29 is 4.39 Å². The van der Waals surface area contributed by atoms with E-state index >= 15 is 0 Å². The van der Waals surface area contributed by atoms with Gasteiger partial charge in [0.25, 0.3) is 0 Å². The minimum absolute atomic E-state index is 0.282. The summed E-state index contributed by atoms with van der Waals surface area (Å²) in [6.07, 6.45) is 0. The Balaban J connectivity index is 1.43. The van der Waals surface area contributed by atoms with Crippen LogP contribution in [0.2, 0.25) is 0 Å². The zero-order valence-electron chi connectivity index (χ0n) is 24.5. The number of aromatic nitrogens is 4. The largest absolute Gasteiger partial charge is 0.309 e. The van der Waals surface area contributed by atoms with Crippen LogP contribution in [0.15, 0.2) is 146 Å². The number of aryl methyl sites for hydroxylation is 1. The van der Waals surface area contributed by atoms with Crippen LogP contribution in [0.25, 0.3) is 72.8 Å². The Kier molecular flexibility index (Phi) is 6.50. The molecule has 5 heteroatoms. The molecule has 45 heavy (non-hydrogen) atoms. The average Bonchev–Trinajstić information content (AvgIpc) is 3.42. The number of nitrogens with zero attached hydrogens (tertiary/aromatic N) is 4. The van der Waals surface area contributed by atoms with E-state index in [1.54, 1.807) is 12.1 Å². The molecule has 8 rings (SSSR count). The average molecular weight is 583 g/mol. The van der Waals surface area contributed by atoms with E-state index in [9.17, 15) is 4.39 Å². The summed E-state index contributed by atoms with van der Waals surface area (Å²) < 4.78 is 16.3. The quantitative estimate of drug-likeness (QED) is 0.203. The molecule has 0 bridgehead atoms. The molecule has 0 saturated carbocycles. The molecule has 2 heterocycles. The van der Waals surface area contributed by atoms with E-state index in [0.29, 0.717) is 17.5 Å². The predicted molar refractivity (Wildman–Crippen MR) is 181 cm³/mol. The zero-order chi connectivity index (χ0) is 30.3. The molecule has 0 fully saturated rings. The molecule has 6 aromatic carbocycles. The fourth-order valence-electron chi connectivity index (χ4n) is 6.03. The Morgan fingerprint density at radius 3 is 1.76 bits per heavy atom. The molecule has 0 amide bonds. The summed E-state index contributed by atoms with van der Waals surface area (Å²) >= 11 is 0. The van der Waals surface area contributed by atoms with E-state index in [4.69, 9.17) is 15.0 Å². The van der Waals surface area contributed by atoms with Gasteiger partial charge in [-0.1, -0.05) is 109 Å². The van der Waals surface area contributed by atoms with E-state index in [1.807, 2.05) is 60.7 Å². The van der Waals surface area contributed by atoms with Crippen LogP contribution in [-0.2, 0) is 0 Å². The number of fused-ring (bicyclic) bond motifs is 3. The zero-order valence-corrected chi connectivity index (χ0v) is 24.5. The molecule has 0 aliphatic heterocycles. The number of hydrogen-bond donors (Lipinski definition) is 0. The van der Waals surface area contributed by atoms with Crippen molar-refractivity contribution in [1.29, 1.82) is 0 Å². The van der Waals surface area contributed by atoms with Gasteiger partial charge in [0.1, 0.15) is 5.82 Å². The van der Waals surface area contributed by atoms with Gasteiger partial charge in [0.2, 0.25) is 0 Å². The smallest absolute Gasteiger partial charge is 0.164 e. The topological polar surface area (TPSA) is 43.6 Å². The van der Waals surface area contributed by atoms with E-state index in [0.717, 1.165) is 44.5 Å². The first-order valence-corrected chi connectivity index (χ1v) is 14.9. The lowest BCUT2D eigenvalue weighted by atomic mass is 9.98. The number of halogens is 1. The van der Waals surface area contributed by atoms with Gasteiger partial charge in [-0.3, -0.25) is 0 Å². The normalized spacial score (nSPS) is 11.3. The molecule has 0 N–H and O–H groups in total. The number of rotatable bonds is 5. The van der Waals surface area contributed by atoms with Crippen molar-refractivity contribution >= 4 is 21.8 Å². The summed E-state index contributed by atoms with van der Waals surface area (Å²) in [4.78, 5) is 15.0. The van der Waals surface area contributed by atoms with Gasteiger partial charge in [0.05, 0.1) is 11.0 Å². The third-order valence-corrected chi connectivity index (χ3v) is 8.19. The van der Waals surface area contributed by atoms with Gasteiger partial charge < -0.3 is 4.57 Å². The summed E-state index contributed by atoms with van der Waals surface area (Å²) in [7, 11) is 0. The Hall–Kier alpha value is -5.94. The second-order valence-electron chi connectivity index (χ2n) is 11.1. The highest BCUT2D eigenvalue weighted by Gasteiger charge is 2.19. The summed E-state index contributed by atoms with van der Waals surface area (Å²) in [5.74, 6) is 1.43. The first-order valence-electron chi connectivity index (χ1n) is 14.9. The van der Waals surface area contributed by atoms with Crippen LogP contribution in [0.3, 0.4) is 0 Å². The molecule has 214 valence electrons. The molecule has 0 aliphatic carbocycles. The third-order valence-electron chi connectivity index (χ3n) is 8.19. The number of para-hydroxylation sites is 1. The Bertz CT molecular complexity index is 2270. The summed E-state index contributed by atoms with van der Waals surface area (Å²) in [5, 5.41) is 2.38. The summed E-state index contributed by atoms with van der Waals surface area (Å²) in [6.45, 7) is 2.12. The van der Waals surface area contributed by atoms with Crippen molar-refractivity contribution in [1.82, 2.24) is 19.5 Å². The molecule has 0 aliphatic rings. The molecular formula is C40H27FN4. The van der Waals surface area contributed by atoms with E-state index in [1.165, 1.54) is 28.5 Å². The maximum Gasteiger partial charge on any atom is 0.164 e.